The monoisotopic (exact) mass is 512 g/mol. The molecule has 0 unspecified atom stereocenters. The Morgan fingerprint density at radius 3 is 1.43 bits per heavy atom. The number of rotatable bonds is 4. The molecule has 0 spiro atoms. The fourth-order valence-electron chi connectivity index (χ4n) is 2.61. The van der Waals surface area contributed by atoms with E-state index in [1.54, 1.807) is 24.3 Å². The van der Waals surface area contributed by atoms with Crippen molar-refractivity contribution in [3.8, 4) is 28.4 Å². The molecule has 0 fully saturated rings. The SMILES string of the molecule is C=Cc1c(F)c(F)c(Oc2ccc(-c3ccc(O)cc3)cc2)c(F)c1F.FC(F)(F)CC(F)(F)F. The highest BCUT2D eigenvalue weighted by Crippen LogP contribution is 2.35. The molecule has 0 aromatic heterocycles. The van der Waals surface area contributed by atoms with Gasteiger partial charge in [-0.3, -0.25) is 0 Å². The van der Waals surface area contributed by atoms with Crippen LogP contribution in [-0.4, -0.2) is 17.5 Å². The average molecular weight is 512 g/mol. The van der Waals surface area contributed by atoms with E-state index in [1.807, 2.05) is 0 Å². The zero-order valence-corrected chi connectivity index (χ0v) is 17.2. The zero-order chi connectivity index (χ0) is 26.6. The first kappa shape index (κ1) is 27.5. The van der Waals surface area contributed by atoms with Gasteiger partial charge in [-0.1, -0.05) is 36.9 Å². The van der Waals surface area contributed by atoms with Gasteiger partial charge in [0.05, 0.1) is 5.56 Å². The molecule has 0 atom stereocenters. The van der Waals surface area contributed by atoms with E-state index in [0.717, 1.165) is 11.1 Å². The predicted molar refractivity (Wildman–Crippen MR) is 107 cm³/mol. The van der Waals surface area contributed by atoms with Crippen LogP contribution < -0.4 is 4.74 Å². The molecule has 1 N–H and O–H groups in total. The summed E-state index contributed by atoms with van der Waals surface area (Å²) >= 11 is 0. The molecule has 0 radical (unpaired) electrons. The van der Waals surface area contributed by atoms with Gasteiger partial charge in [-0.25, -0.2) is 8.78 Å². The second kappa shape index (κ2) is 10.7. The van der Waals surface area contributed by atoms with Crippen LogP contribution in [0.2, 0.25) is 0 Å². The van der Waals surface area contributed by atoms with Gasteiger partial charge in [-0.2, -0.15) is 35.1 Å². The fraction of sp³-hybridized carbons (Fsp3) is 0.130. The quantitative estimate of drug-likeness (QED) is 0.280. The molecule has 3 aromatic carbocycles. The summed E-state index contributed by atoms with van der Waals surface area (Å²) in [4.78, 5) is 0. The number of phenolic OH excluding ortho intramolecular Hbond substituents is 1. The van der Waals surface area contributed by atoms with E-state index in [1.165, 1.54) is 24.3 Å². The molecule has 0 saturated carbocycles. The van der Waals surface area contributed by atoms with Crippen LogP contribution in [-0.2, 0) is 0 Å². The summed E-state index contributed by atoms with van der Waals surface area (Å²) in [5.41, 5.74) is 0.645. The van der Waals surface area contributed by atoms with Gasteiger partial charge in [0.15, 0.2) is 11.6 Å². The lowest BCUT2D eigenvalue weighted by molar-refractivity contribution is -0.232. The fourth-order valence-corrected chi connectivity index (χ4v) is 2.61. The van der Waals surface area contributed by atoms with Crippen LogP contribution in [0.4, 0.5) is 43.9 Å². The lowest BCUT2D eigenvalue weighted by atomic mass is 10.1. The van der Waals surface area contributed by atoms with Gasteiger partial charge in [-0.15, -0.1) is 0 Å². The van der Waals surface area contributed by atoms with E-state index in [2.05, 4.69) is 6.58 Å². The van der Waals surface area contributed by atoms with Crippen LogP contribution in [0.15, 0.2) is 55.1 Å². The highest BCUT2D eigenvalue weighted by Gasteiger charge is 2.43. The van der Waals surface area contributed by atoms with E-state index in [-0.39, 0.29) is 11.5 Å². The third kappa shape index (κ3) is 7.66. The van der Waals surface area contributed by atoms with Gasteiger partial charge in [0, 0.05) is 0 Å². The number of aromatic hydroxyl groups is 1. The molecule has 188 valence electrons. The molecule has 0 bridgehead atoms. The Balaban J connectivity index is 0.000000410. The molecule has 12 heteroatoms. The van der Waals surface area contributed by atoms with Crippen molar-refractivity contribution in [2.45, 2.75) is 18.8 Å². The minimum Gasteiger partial charge on any atom is -0.508 e. The smallest absolute Gasteiger partial charge is 0.397 e. The number of hydrogen-bond donors (Lipinski definition) is 1. The lowest BCUT2D eigenvalue weighted by Gasteiger charge is -2.11. The molecule has 0 aliphatic rings. The van der Waals surface area contributed by atoms with E-state index in [9.17, 15) is 49.0 Å². The first-order valence-electron chi connectivity index (χ1n) is 9.32. The van der Waals surface area contributed by atoms with Crippen molar-refractivity contribution in [2.24, 2.45) is 0 Å². The highest BCUT2D eigenvalue weighted by molar-refractivity contribution is 5.65. The normalized spacial score (nSPS) is 11.5. The molecule has 0 heterocycles. The molecule has 0 aliphatic heterocycles. The number of benzene rings is 3. The van der Waals surface area contributed by atoms with E-state index < -0.39 is 53.4 Å². The van der Waals surface area contributed by atoms with Crippen LogP contribution in [0.3, 0.4) is 0 Å². The third-order valence-electron chi connectivity index (χ3n) is 4.14. The summed E-state index contributed by atoms with van der Waals surface area (Å²) in [5.74, 6) is -7.47. The van der Waals surface area contributed by atoms with Gasteiger partial charge in [-0.05, 0) is 35.4 Å². The summed E-state index contributed by atoms with van der Waals surface area (Å²) in [6, 6.07) is 12.4. The molecular formula is C23H14F10O2. The molecule has 3 rings (SSSR count). The molecule has 0 amide bonds. The summed E-state index contributed by atoms with van der Waals surface area (Å²) in [5, 5.41) is 9.29. The number of alkyl halides is 6. The summed E-state index contributed by atoms with van der Waals surface area (Å²) in [6.45, 7) is 3.12. The van der Waals surface area contributed by atoms with Gasteiger partial charge in [0.1, 0.15) is 17.9 Å². The molecule has 2 nitrogen and oxygen atoms in total. The minimum atomic E-state index is -5.14. The first-order chi connectivity index (χ1) is 16.1. The van der Waals surface area contributed by atoms with E-state index in [4.69, 9.17) is 4.74 Å². The van der Waals surface area contributed by atoms with Crippen molar-refractivity contribution >= 4 is 6.08 Å². The Morgan fingerprint density at radius 1 is 0.686 bits per heavy atom. The largest absolute Gasteiger partial charge is 0.508 e. The lowest BCUT2D eigenvalue weighted by Crippen LogP contribution is -2.20. The van der Waals surface area contributed by atoms with E-state index >= 15 is 0 Å². The Kier molecular flexibility index (Phi) is 8.42. The average Bonchev–Trinajstić information content (AvgIpc) is 2.75. The summed E-state index contributed by atoms with van der Waals surface area (Å²) in [7, 11) is 0. The van der Waals surface area contributed by atoms with Crippen molar-refractivity contribution in [3.05, 3.63) is 83.9 Å². The first-order valence-corrected chi connectivity index (χ1v) is 9.32. The molecule has 3 aromatic rings. The highest BCUT2D eigenvalue weighted by atomic mass is 19.4. The van der Waals surface area contributed by atoms with Crippen LogP contribution in [0.5, 0.6) is 17.2 Å². The van der Waals surface area contributed by atoms with Crippen molar-refractivity contribution in [1.82, 2.24) is 0 Å². The maximum atomic E-state index is 14.0. The van der Waals surface area contributed by atoms with E-state index in [0.29, 0.717) is 6.08 Å². The third-order valence-corrected chi connectivity index (χ3v) is 4.14. The predicted octanol–water partition coefficient (Wildman–Crippen LogP) is 8.55. The maximum Gasteiger partial charge on any atom is 0.397 e. The van der Waals surface area contributed by atoms with Gasteiger partial charge < -0.3 is 9.84 Å². The van der Waals surface area contributed by atoms with Crippen LogP contribution in [0.25, 0.3) is 17.2 Å². The van der Waals surface area contributed by atoms with Crippen LogP contribution in [0.1, 0.15) is 12.0 Å². The Labute approximate surface area is 191 Å². The second-order valence-electron chi connectivity index (χ2n) is 6.78. The Bertz CT molecular complexity index is 1120. The number of hydrogen-bond acceptors (Lipinski definition) is 2. The number of ether oxygens (including phenoxy) is 1. The van der Waals surface area contributed by atoms with Gasteiger partial charge in [0.25, 0.3) is 0 Å². The van der Waals surface area contributed by atoms with Gasteiger partial charge in [0.2, 0.25) is 17.4 Å². The summed E-state index contributed by atoms with van der Waals surface area (Å²) in [6.07, 6.45) is -12.3. The molecule has 0 saturated heterocycles. The van der Waals surface area contributed by atoms with Crippen molar-refractivity contribution in [2.75, 3.05) is 0 Å². The van der Waals surface area contributed by atoms with Crippen molar-refractivity contribution in [3.63, 3.8) is 0 Å². The van der Waals surface area contributed by atoms with Crippen molar-refractivity contribution < 1.29 is 53.7 Å². The molecular weight excluding hydrogens is 498 g/mol. The maximum absolute atomic E-state index is 14.0. The number of phenols is 1. The molecule has 0 aliphatic carbocycles. The van der Waals surface area contributed by atoms with Crippen LogP contribution in [0, 0.1) is 23.3 Å². The Morgan fingerprint density at radius 2 is 1.09 bits per heavy atom. The summed E-state index contributed by atoms with van der Waals surface area (Å²) < 4.78 is 125. The Hall–Kier alpha value is -3.70. The minimum absolute atomic E-state index is 0.00418. The van der Waals surface area contributed by atoms with Crippen LogP contribution >= 0.6 is 0 Å². The second-order valence-corrected chi connectivity index (χ2v) is 6.78. The molecule has 35 heavy (non-hydrogen) atoms. The van der Waals surface area contributed by atoms with Crippen molar-refractivity contribution in [1.29, 1.82) is 0 Å². The zero-order valence-electron chi connectivity index (χ0n) is 17.2. The van der Waals surface area contributed by atoms with Gasteiger partial charge >= 0.3 is 12.4 Å². The number of halogens is 10. The standard InChI is InChI=1S/C20H12F4O2.C3H2F6/c1-2-15-16(21)18(23)20(19(24)17(15)22)26-14-9-5-12(6-10-14)11-3-7-13(25)8-4-11;4-2(5,6)1-3(7,8)9/h2-10,25H,1H2;1H2. The topological polar surface area (TPSA) is 29.5 Å².